The van der Waals surface area contributed by atoms with E-state index in [1.54, 1.807) is 30.3 Å². The van der Waals surface area contributed by atoms with Crippen LogP contribution in [0.5, 0.6) is 0 Å². The van der Waals surface area contributed by atoms with E-state index in [-0.39, 0.29) is 0 Å². The zero-order chi connectivity index (χ0) is 8.97. The number of hydrogen-bond acceptors (Lipinski definition) is 2. The second-order valence-corrected chi connectivity index (χ2v) is 2.30. The van der Waals surface area contributed by atoms with Crippen LogP contribution in [0, 0.1) is 0 Å². The number of benzene rings is 1. The number of carbonyl (C=O) groups is 1. The fourth-order valence-corrected chi connectivity index (χ4v) is 0.846. The van der Waals surface area contributed by atoms with E-state index in [1.165, 1.54) is 7.11 Å². The van der Waals surface area contributed by atoms with Gasteiger partial charge in [-0.3, -0.25) is 4.79 Å². The lowest BCUT2D eigenvalue weighted by molar-refractivity contribution is -0.0887. The van der Waals surface area contributed by atoms with Gasteiger partial charge in [-0.25, -0.2) is 0 Å². The number of ether oxygens (including phenoxy) is 1. The number of ketones is 1. The van der Waals surface area contributed by atoms with Gasteiger partial charge >= 0.3 is 0 Å². The lowest BCUT2D eigenvalue weighted by Gasteiger charge is -2.03. The molecular formula is C9H9O3. The van der Waals surface area contributed by atoms with Crippen molar-refractivity contribution in [3.8, 4) is 0 Å². The fourth-order valence-electron chi connectivity index (χ4n) is 0.846. The molecule has 0 aliphatic rings. The molecule has 12 heavy (non-hydrogen) atoms. The molecule has 3 heteroatoms. The minimum Gasteiger partial charge on any atom is -0.347 e. The minimum absolute atomic E-state index is 0.388. The topological polar surface area (TPSA) is 46.2 Å². The number of hydrogen-bond donors (Lipinski definition) is 0. The van der Waals surface area contributed by atoms with Gasteiger partial charge in [0.05, 0.1) is 0 Å². The molecule has 0 saturated heterocycles. The Morgan fingerprint density at radius 1 is 1.33 bits per heavy atom. The van der Waals surface area contributed by atoms with E-state index in [2.05, 4.69) is 4.74 Å². The average Bonchev–Trinajstić information content (AvgIpc) is 2.17. The Balaban J connectivity index is 2.79. The highest BCUT2D eigenvalue weighted by atomic mass is 16.6. The van der Waals surface area contributed by atoms with Crippen LogP contribution >= 0.6 is 0 Å². The lowest BCUT2D eigenvalue weighted by atomic mass is 10.1. The van der Waals surface area contributed by atoms with Crippen molar-refractivity contribution in [2.24, 2.45) is 0 Å². The van der Waals surface area contributed by atoms with Gasteiger partial charge in [0.2, 0.25) is 5.78 Å². The summed E-state index contributed by atoms with van der Waals surface area (Å²) in [5.74, 6) is -0.530. The number of Topliss-reactive ketones (excluding diaryl/α,β-unsaturated/α-hetero) is 1. The molecule has 0 fully saturated rings. The third kappa shape index (κ3) is 1.90. The Labute approximate surface area is 70.6 Å². The molecular weight excluding hydrogens is 156 g/mol. The monoisotopic (exact) mass is 165 g/mol. The molecule has 0 aliphatic carbocycles. The first-order chi connectivity index (χ1) is 5.75. The van der Waals surface area contributed by atoms with Crippen LogP contribution in [0.1, 0.15) is 10.4 Å². The lowest BCUT2D eigenvalue weighted by Crippen LogP contribution is -2.20. The van der Waals surface area contributed by atoms with Gasteiger partial charge in [0.25, 0.3) is 6.29 Å². The third-order valence-corrected chi connectivity index (χ3v) is 1.49. The van der Waals surface area contributed by atoms with Gasteiger partial charge < -0.3 is 4.74 Å². The van der Waals surface area contributed by atoms with Crippen molar-refractivity contribution in [3.05, 3.63) is 35.9 Å². The molecule has 0 heterocycles. The third-order valence-electron chi connectivity index (χ3n) is 1.49. The Bertz CT molecular complexity index is 256. The smallest absolute Gasteiger partial charge is 0.255 e. The second kappa shape index (κ2) is 3.99. The molecule has 0 aromatic heterocycles. The van der Waals surface area contributed by atoms with Crippen LogP contribution in [0.15, 0.2) is 30.3 Å². The molecule has 1 radical (unpaired) electrons. The maximum atomic E-state index is 11.1. The molecule has 0 spiro atoms. The van der Waals surface area contributed by atoms with E-state index < -0.39 is 12.1 Å². The Morgan fingerprint density at radius 3 is 2.42 bits per heavy atom. The first-order valence-electron chi connectivity index (χ1n) is 3.53. The van der Waals surface area contributed by atoms with Crippen molar-refractivity contribution in [2.75, 3.05) is 7.11 Å². The van der Waals surface area contributed by atoms with Gasteiger partial charge in [-0.05, 0) is 0 Å². The maximum absolute atomic E-state index is 11.1. The van der Waals surface area contributed by atoms with Gasteiger partial charge in [-0.2, -0.15) is 5.11 Å². The van der Waals surface area contributed by atoms with E-state index >= 15 is 0 Å². The molecule has 0 N–H and O–H groups in total. The SMILES string of the molecule is COC([O])C(=O)c1ccccc1. The highest BCUT2D eigenvalue weighted by molar-refractivity contribution is 5.98. The summed E-state index contributed by atoms with van der Waals surface area (Å²) in [4.78, 5) is 11.1. The van der Waals surface area contributed by atoms with Crippen molar-refractivity contribution >= 4 is 5.78 Å². The summed E-state index contributed by atoms with van der Waals surface area (Å²) in [5, 5.41) is 10.8. The van der Waals surface area contributed by atoms with Crippen molar-refractivity contribution in [1.82, 2.24) is 0 Å². The first kappa shape index (κ1) is 8.90. The predicted octanol–water partition coefficient (Wildman–Crippen LogP) is 1.27. The molecule has 0 bridgehead atoms. The van der Waals surface area contributed by atoms with E-state index in [4.69, 9.17) is 0 Å². The zero-order valence-electron chi connectivity index (χ0n) is 6.69. The van der Waals surface area contributed by atoms with Crippen LogP contribution in [-0.2, 0) is 9.84 Å². The Morgan fingerprint density at radius 2 is 1.92 bits per heavy atom. The highest BCUT2D eigenvalue weighted by Crippen LogP contribution is 2.03. The van der Waals surface area contributed by atoms with Gasteiger partial charge in [0.15, 0.2) is 0 Å². The summed E-state index contributed by atoms with van der Waals surface area (Å²) in [6.45, 7) is 0. The maximum Gasteiger partial charge on any atom is 0.255 e. The Hall–Kier alpha value is -1.19. The van der Waals surface area contributed by atoms with Crippen molar-refractivity contribution in [1.29, 1.82) is 0 Å². The molecule has 1 unspecified atom stereocenters. The van der Waals surface area contributed by atoms with E-state index in [0.29, 0.717) is 5.56 Å². The minimum atomic E-state index is -1.60. The zero-order valence-corrected chi connectivity index (χ0v) is 6.69. The molecule has 0 aliphatic heterocycles. The first-order valence-corrected chi connectivity index (χ1v) is 3.53. The summed E-state index contributed by atoms with van der Waals surface area (Å²) in [6.07, 6.45) is -1.60. The molecule has 0 amide bonds. The summed E-state index contributed by atoms with van der Waals surface area (Å²) < 4.78 is 4.36. The van der Waals surface area contributed by atoms with Gasteiger partial charge in [0, 0.05) is 12.7 Å². The van der Waals surface area contributed by atoms with Crippen LogP contribution in [0.25, 0.3) is 0 Å². The van der Waals surface area contributed by atoms with Crippen LogP contribution in [0.4, 0.5) is 0 Å². The van der Waals surface area contributed by atoms with Crippen LogP contribution < -0.4 is 0 Å². The highest BCUT2D eigenvalue weighted by Gasteiger charge is 2.16. The summed E-state index contributed by atoms with van der Waals surface area (Å²) in [7, 11) is 1.22. The molecule has 1 rings (SSSR count). The molecule has 1 aromatic carbocycles. The van der Waals surface area contributed by atoms with E-state index in [0.717, 1.165) is 0 Å². The van der Waals surface area contributed by atoms with Gasteiger partial charge in [0.1, 0.15) is 0 Å². The molecule has 1 atom stereocenters. The van der Waals surface area contributed by atoms with Gasteiger partial charge in [-0.1, -0.05) is 30.3 Å². The number of rotatable bonds is 3. The average molecular weight is 165 g/mol. The fraction of sp³-hybridized carbons (Fsp3) is 0.222. The summed E-state index contributed by atoms with van der Waals surface area (Å²) >= 11 is 0. The van der Waals surface area contributed by atoms with Crippen LogP contribution in [0.2, 0.25) is 0 Å². The molecule has 63 valence electrons. The van der Waals surface area contributed by atoms with Crippen LogP contribution in [0.3, 0.4) is 0 Å². The molecule has 3 nitrogen and oxygen atoms in total. The van der Waals surface area contributed by atoms with E-state index in [9.17, 15) is 9.90 Å². The summed E-state index contributed by atoms with van der Waals surface area (Å²) in [5.41, 5.74) is 0.388. The number of methoxy groups -OCH3 is 1. The van der Waals surface area contributed by atoms with Crippen molar-refractivity contribution < 1.29 is 14.6 Å². The molecule has 0 saturated carbocycles. The quantitative estimate of drug-likeness (QED) is 0.500. The summed E-state index contributed by atoms with van der Waals surface area (Å²) in [6, 6.07) is 8.37. The van der Waals surface area contributed by atoms with Crippen molar-refractivity contribution in [2.45, 2.75) is 6.29 Å². The van der Waals surface area contributed by atoms with E-state index in [1.807, 2.05) is 0 Å². The normalized spacial score (nSPS) is 12.5. The number of carbonyl (C=O) groups excluding carboxylic acids is 1. The second-order valence-electron chi connectivity index (χ2n) is 2.30. The largest absolute Gasteiger partial charge is 0.347 e. The molecule has 1 aromatic rings. The van der Waals surface area contributed by atoms with Crippen molar-refractivity contribution in [3.63, 3.8) is 0 Å². The Kier molecular flexibility index (Phi) is 2.96. The predicted molar refractivity (Wildman–Crippen MR) is 42.3 cm³/mol. The van der Waals surface area contributed by atoms with Gasteiger partial charge in [-0.15, -0.1) is 0 Å². The van der Waals surface area contributed by atoms with Crippen LogP contribution in [-0.4, -0.2) is 19.2 Å². The standard InChI is InChI=1S/C9H9O3/c1-12-9(11)8(10)7-5-3-2-4-6-7/h2-6,9H,1H3.